The molecule has 2 saturated carbocycles. The minimum absolute atomic E-state index is 0. The first-order valence-electron chi connectivity index (χ1n) is 8.98. The quantitative estimate of drug-likeness (QED) is 0.162. The fourth-order valence-corrected chi connectivity index (χ4v) is 2.49. The topological polar surface area (TPSA) is 117 Å². The number of carbonyl (C=O) groups is 1. The normalized spacial score (nSPS) is 16.7. The molecule has 158 valence electrons. The summed E-state index contributed by atoms with van der Waals surface area (Å²) in [6.45, 7) is 0. The van der Waals surface area contributed by atoms with E-state index in [1.807, 2.05) is 38.5 Å². The van der Waals surface area contributed by atoms with E-state index in [2.05, 4.69) is 10.8 Å². The van der Waals surface area contributed by atoms with Crippen LogP contribution in [0.15, 0.2) is 42.0 Å². The Hall–Kier alpha value is -2.93. The van der Waals surface area contributed by atoms with E-state index in [1.165, 1.54) is 25.3 Å². The van der Waals surface area contributed by atoms with Gasteiger partial charge in [-0.25, -0.2) is 4.79 Å². The maximum Gasteiger partial charge on any atom is 2.00 e. The molecule has 0 atom stereocenters. The Morgan fingerprint density at radius 3 is 1.84 bits per heavy atom. The summed E-state index contributed by atoms with van der Waals surface area (Å²) in [5.41, 5.74) is 1.18. The monoisotopic (exact) mass is 467 g/mol. The van der Waals surface area contributed by atoms with Crippen molar-refractivity contribution in [3.05, 3.63) is 121 Å². The van der Waals surface area contributed by atoms with Crippen molar-refractivity contribution in [1.29, 1.82) is 10.5 Å². The van der Waals surface area contributed by atoms with Gasteiger partial charge in [-0.05, 0) is 69.1 Å². The fraction of sp³-hybridized carbons (Fsp3) is 0.0417. The summed E-state index contributed by atoms with van der Waals surface area (Å²) in [5.74, 6) is 1.15. The summed E-state index contributed by atoms with van der Waals surface area (Å²) < 4.78 is 4.42. The summed E-state index contributed by atoms with van der Waals surface area (Å²) in [7, 11) is 1.25. The number of carbonyl (C=O) groups excluding carboxylic acids is 1. The van der Waals surface area contributed by atoms with Gasteiger partial charge in [-0.1, -0.05) is 12.2 Å². The Labute approximate surface area is 199 Å². The van der Waals surface area contributed by atoms with E-state index in [1.54, 1.807) is 37.1 Å². The van der Waals surface area contributed by atoms with E-state index >= 15 is 0 Å². The zero-order chi connectivity index (χ0) is 22.6. The molecule has 3 rings (SSSR count). The van der Waals surface area contributed by atoms with Crippen LogP contribution in [0, 0.1) is 96.0 Å². The number of nitriles is 2. The maximum atomic E-state index is 11.0. The van der Waals surface area contributed by atoms with E-state index in [-0.39, 0.29) is 28.3 Å². The number of methoxy groups -OCH3 is 1. The number of nitro groups is 1. The van der Waals surface area contributed by atoms with E-state index in [9.17, 15) is 14.9 Å². The molecule has 0 N–H and O–H groups in total. The predicted octanol–water partition coefficient (Wildman–Crippen LogP) is 3.92. The Balaban J connectivity index is 0.000000327. The predicted molar refractivity (Wildman–Crippen MR) is 113 cm³/mol. The molecule has 0 saturated heterocycles. The molecule has 0 spiro atoms. The molecule has 2 aliphatic rings. The van der Waals surface area contributed by atoms with E-state index in [0.29, 0.717) is 11.1 Å². The molecular formula is C24H17FeN3O4+2. The molecule has 10 radical (unpaired) electrons. The summed E-state index contributed by atoms with van der Waals surface area (Å²) in [4.78, 5) is 21.0. The van der Waals surface area contributed by atoms with Crippen molar-refractivity contribution in [2.24, 2.45) is 0 Å². The van der Waals surface area contributed by atoms with Crippen LogP contribution in [0.3, 0.4) is 0 Å². The van der Waals surface area contributed by atoms with Gasteiger partial charge in [-0.15, -0.1) is 0 Å². The molecule has 0 aliphatic heterocycles. The molecule has 2 fully saturated rings. The Morgan fingerprint density at radius 2 is 1.44 bits per heavy atom. The summed E-state index contributed by atoms with van der Waals surface area (Å²) in [5, 5.41) is 28.2. The number of allylic oxidation sites excluding steroid dienone is 3. The molecular weight excluding hydrogens is 450 g/mol. The third-order valence-electron chi connectivity index (χ3n) is 4.03. The van der Waals surface area contributed by atoms with Crippen molar-refractivity contribution in [3.8, 4) is 12.1 Å². The average Bonchev–Trinajstić information content (AvgIpc) is 3.50. The van der Waals surface area contributed by atoms with Crippen molar-refractivity contribution in [3.63, 3.8) is 0 Å². The molecule has 0 aromatic heterocycles. The van der Waals surface area contributed by atoms with Gasteiger partial charge in [0.05, 0.1) is 23.7 Å². The van der Waals surface area contributed by atoms with Gasteiger partial charge in [0.1, 0.15) is 11.6 Å². The molecule has 8 heteroatoms. The van der Waals surface area contributed by atoms with Crippen LogP contribution in [0.25, 0.3) is 5.57 Å². The minimum atomic E-state index is -0.608. The van der Waals surface area contributed by atoms with Gasteiger partial charge in [0.2, 0.25) is 0 Å². The van der Waals surface area contributed by atoms with Gasteiger partial charge in [0, 0.05) is 24.0 Å². The number of nitro benzene ring substituents is 1. The first kappa shape index (κ1) is 27.1. The summed E-state index contributed by atoms with van der Waals surface area (Å²) >= 11 is 0. The number of hydrogen-bond acceptors (Lipinski definition) is 6. The van der Waals surface area contributed by atoms with Gasteiger partial charge in [-0.2, -0.15) is 10.5 Å². The van der Waals surface area contributed by atoms with Crippen molar-refractivity contribution in [2.75, 3.05) is 7.11 Å². The Morgan fingerprint density at radius 1 is 0.938 bits per heavy atom. The van der Waals surface area contributed by atoms with Gasteiger partial charge in [0.15, 0.2) is 0 Å². The number of benzene rings is 1. The standard InChI is InChI=1S/C14H9N2O2.C10H8NO2.Fe/c15-10-13(9-11-3-1-2-4-11)12-5-7-14(8-6-12)16(17)18;1-13-10(12)9(7-11)6-8-4-2-3-5-8;/h1-9H;2-6H,1H3;/q;;+2/b13-9+;9-6+;. The Bertz CT molecular complexity index is 914. The van der Waals surface area contributed by atoms with E-state index in [4.69, 9.17) is 10.5 Å². The average molecular weight is 467 g/mol. The molecule has 32 heavy (non-hydrogen) atoms. The van der Waals surface area contributed by atoms with Crippen LogP contribution in [0.2, 0.25) is 0 Å². The molecule has 0 amide bonds. The third kappa shape index (κ3) is 8.30. The molecule has 2 aliphatic carbocycles. The second kappa shape index (κ2) is 14.2. The largest absolute Gasteiger partial charge is 2.00 e. The summed E-state index contributed by atoms with van der Waals surface area (Å²) in [6, 6.07) is 9.82. The second-order valence-electron chi connectivity index (χ2n) is 6.07. The van der Waals surface area contributed by atoms with Crippen molar-refractivity contribution < 1.29 is 31.5 Å². The van der Waals surface area contributed by atoms with Gasteiger partial charge in [-0.3, -0.25) is 10.1 Å². The molecule has 0 heterocycles. The minimum Gasteiger partial charge on any atom is -0.465 e. The van der Waals surface area contributed by atoms with Gasteiger partial charge in [0.25, 0.3) is 5.69 Å². The van der Waals surface area contributed by atoms with Crippen LogP contribution in [-0.4, -0.2) is 18.0 Å². The van der Waals surface area contributed by atoms with Crippen LogP contribution in [0.4, 0.5) is 5.69 Å². The molecule has 1 aromatic rings. The second-order valence-corrected chi connectivity index (χ2v) is 6.07. The number of hydrogen-bond donors (Lipinski definition) is 0. The molecule has 7 nitrogen and oxygen atoms in total. The number of non-ortho nitro benzene ring substituents is 1. The van der Waals surface area contributed by atoms with Crippen molar-refractivity contribution in [2.45, 2.75) is 0 Å². The van der Waals surface area contributed by atoms with Gasteiger partial charge >= 0.3 is 23.0 Å². The first-order valence-corrected chi connectivity index (χ1v) is 8.98. The number of ether oxygens (including phenoxy) is 1. The van der Waals surface area contributed by atoms with Crippen LogP contribution in [0.5, 0.6) is 0 Å². The van der Waals surface area contributed by atoms with E-state index < -0.39 is 10.9 Å². The zero-order valence-electron chi connectivity index (χ0n) is 16.9. The van der Waals surface area contributed by atoms with Crippen LogP contribution < -0.4 is 0 Å². The maximum absolute atomic E-state index is 11.0. The SMILES string of the molecule is COC(=O)/C(C#N)=C/[C]1[CH][CH][CH][CH]1.N#C/C(=C\[C]1[CH][CH][CH][CH]1)c1ccc([N+](=O)[O-])cc1.[Fe+2]. The van der Waals surface area contributed by atoms with Crippen LogP contribution in [0.1, 0.15) is 5.56 Å². The number of esters is 1. The first-order chi connectivity index (χ1) is 15.0. The molecule has 0 bridgehead atoms. The number of nitrogens with zero attached hydrogens (tertiary/aromatic N) is 3. The zero-order valence-corrected chi connectivity index (χ0v) is 18.0. The van der Waals surface area contributed by atoms with Crippen molar-refractivity contribution in [1.82, 2.24) is 0 Å². The van der Waals surface area contributed by atoms with E-state index in [0.717, 1.165) is 11.8 Å². The van der Waals surface area contributed by atoms with Gasteiger partial charge < -0.3 is 4.74 Å². The Kier molecular flexibility index (Phi) is 12.0. The smallest absolute Gasteiger partial charge is 0.465 e. The summed E-state index contributed by atoms with van der Waals surface area (Å²) in [6.07, 6.45) is 18.1. The fourth-order valence-electron chi connectivity index (χ4n) is 2.49. The molecule has 1 aromatic carbocycles. The number of rotatable bonds is 5. The van der Waals surface area contributed by atoms with Crippen molar-refractivity contribution >= 4 is 17.2 Å². The third-order valence-corrected chi connectivity index (χ3v) is 4.03. The molecule has 0 unspecified atom stereocenters. The van der Waals surface area contributed by atoms with Crippen LogP contribution >= 0.6 is 0 Å². The van der Waals surface area contributed by atoms with Crippen LogP contribution in [-0.2, 0) is 26.6 Å².